The Morgan fingerprint density at radius 2 is 2.12 bits per heavy atom. The number of anilines is 1. The van der Waals surface area contributed by atoms with E-state index in [4.69, 9.17) is 0 Å². The molecule has 2 aromatic rings. The highest BCUT2D eigenvalue weighted by Crippen LogP contribution is 2.43. The van der Waals surface area contributed by atoms with Gasteiger partial charge in [-0.2, -0.15) is 0 Å². The zero-order valence-electron chi connectivity index (χ0n) is 15.3. The van der Waals surface area contributed by atoms with Crippen molar-refractivity contribution in [3.05, 3.63) is 18.0 Å². The molecule has 7 nitrogen and oxygen atoms in total. The maximum absolute atomic E-state index is 9.46. The Morgan fingerprint density at radius 3 is 2.85 bits per heavy atom. The summed E-state index contributed by atoms with van der Waals surface area (Å²) >= 11 is 0. The van der Waals surface area contributed by atoms with E-state index in [1.807, 2.05) is 10.9 Å². The minimum Gasteiger partial charge on any atom is -0.394 e. The molecule has 4 N–H and O–H groups in total. The summed E-state index contributed by atoms with van der Waals surface area (Å²) in [6, 6.07) is 2.12. The Bertz CT molecular complexity index is 784. The zero-order chi connectivity index (χ0) is 17.7. The lowest BCUT2D eigenvalue weighted by Gasteiger charge is -2.30. The van der Waals surface area contributed by atoms with E-state index >= 15 is 0 Å². The van der Waals surface area contributed by atoms with Crippen molar-refractivity contribution in [1.29, 1.82) is 0 Å². The van der Waals surface area contributed by atoms with Gasteiger partial charge in [-0.05, 0) is 64.0 Å². The second-order valence-corrected chi connectivity index (χ2v) is 8.39. The van der Waals surface area contributed by atoms with Crippen LogP contribution in [0.5, 0.6) is 0 Å². The number of rotatable bonds is 5. The lowest BCUT2D eigenvalue weighted by molar-refractivity contribution is 0.215. The van der Waals surface area contributed by atoms with Gasteiger partial charge < -0.3 is 20.7 Å². The topological polar surface area (TPSA) is 90.8 Å². The van der Waals surface area contributed by atoms with Gasteiger partial charge in [0.05, 0.1) is 18.0 Å². The quantitative estimate of drug-likeness (QED) is 0.661. The lowest BCUT2D eigenvalue weighted by Crippen LogP contribution is -2.38. The van der Waals surface area contributed by atoms with Crippen LogP contribution in [0.4, 0.5) is 5.82 Å². The molecule has 2 saturated carbocycles. The molecule has 2 aromatic heterocycles. The molecule has 0 saturated heterocycles. The number of aliphatic hydroxyl groups is 1. The summed E-state index contributed by atoms with van der Waals surface area (Å²) < 4.78 is 2.03. The van der Waals surface area contributed by atoms with Crippen molar-refractivity contribution in [1.82, 2.24) is 25.3 Å². The van der Waals surface area contributed by atoms with Gasteiger partial charge in [0.25, 0.3) is 0 Å². The predicted octanol–water partition coefficient (Wildman–Crippen LogP) is 2.61. The molecule has 1 atom stereocenters. The second kappa shape index (κ2) is 6.09. The fourth-order valence-corrected chi connectivity index (χ4v) is 4.61. The van der Waals surface area contributed by atoms with Gasteiger partial charge in [-0.25, -0.2) is 4.68 Å². The van der Waals surface area contributed by atoms with Gasteiger partial charge >= 0.3 is 0 Å². The molecule has 0 spiro atoms. The number of nitrogens with one attached hydrogen (secondary N) is 3. The molecule has 7 heteroatoms. The van der Waals surface area contributed by atoms with Gasteiger partial charge in [0.15, 0.2) is 0 Å². The van der Waals surface area contributed by atoms with Crippen LogP contribution < -0.4 is 10.6 Å². The van der Waals surface area contributed by atoms with Crippen molar-refractivity contribution >= 4 is 5.82 Å². The average Bonchev–Trinajstić information content (AvgIpc) is 3.07. The Morgan fingerprint density at radius 1 is 1.31 bits per heavy atom. The van der Waals surface area contributed by atoms with Gasteiger partial charge in [0.1, 0.15) is 12.0 Å². The van der Waals surface area contributed by atoms with E-state index in [9.17, 15) is 5.11 Å². The Labute approximate surface area is 153 Å². The van der Waals surface area contributed by atoms with E-state index in [0.717, 1.165) is 25.2 Å². The standard InChI is InChI=1S/C19H28N6O/c1-12-22-18-15(6-9-20-18)17-16(23-24-25(12)17)14-4-2-13(3-5-14)10-21-19(11-26)7-8-19/h6,9,12-14,20-22,26H,2-5,7-8,10-11H2,1H3. The maximum Gasteiger partial charge on any atom is 0.121 e. The number of aromatic nitrogens is 4. The molecule has 0 radical (unpaired) electrons. The van der Waals surface area contributed by atoms with E-state index in [-0.39, 0.29) is 18.3 Å². The van der Waals surface area contributed by atoms with E-state index in [2.05, 4.69) is 38.9 Å². The molecule has 140 valence electrons. The molecule has 0 bridgehead atoms. The number of hydrogen-bond acceptors (Lipinski definition) is 5. The number of nitrogens with zero attached hydrogens (tertiary/aromatic N) is 3. The van der Waals surface area contributed by atoms with Gasteiger partial charge in [-0.3, -0.25) is 0 Å². The van der Waals surface area contributed by atoms with Crippen LogP contribution in [0.2, 0.25) is 0 Å². The number of aliphatic hydroxyl groups excluding tert-OH is 1. The number of aromatic amines is 1. The molecule has 3 heterocycles. The highest BCUT2D eigenvalue weighted by molar-refractivity contribution is 5.77. The minimum atomic E-state index is 0.0531. The van der Waals surface area contributed by atoms with Crippen molar-refractivity contribution in [3.8, 4) is 11.3 Å². The summed E-state index contributed by atoms with van der Waals surface area (Å²) in [7, 11) is 0. The molecular weight excluding hydrogens is 328 g/mol. The number of hydrogen-bond donors (Lipinski definition) is 4. The summed E-state index contributed by atoms with van der Waals surface area (Å²) in [5, 5.41) is 25.6. The third kappa shape index (κ3) is 2.65. The summed E-state index contributed by atoms with van der Waals surface area (Å²) in [6.45, 7) is 3.43. The Balaban J connectivity index is 1.28. The van der Waals surface area contributed by atoms with Gasteiger partial charge in [0.2, 0.25) is 0 Å². The fraction of sp³-hybridized carbons (Fsp3) is 0.684. The summed E-state index contributed by atoms with van der Waals surface area (Å²) in [5.41, 5.74) is 3.59. The molecule has 26 heavy (non-hydrogen) atoms. The van der Waals surface area contributed by atoms with Crippen LogP contribution in [0.1, 0.15) is 63.2 Å². The van der Waals surface area contributed by atoms with Gasteiger partial charge in [-0.15, -0.1) is 5.10 Å². The smallest absolute Gasteiger partial charge is 0.121 e. The monoisotopic (exact) mass is 356 g/mol. The average molecular weight is 356 g/mol. The number of fused-ring (bicyclic) bond motifs is 3. The van der Waals surface area contributed by atoms with Crippen LogP contribution >= 0.6 is 0 Å². The molecule has 5 rings (SSSR count). The molecule has 1 aliphatic heterocycles. The van der Waals surface area contributed by atoms with E-state index in [1.165, 1.54) is 42.6 Å². The molecule has 0 aromatic carbocycles. The normalized spacial score (nSPS) is 28.9. The molecule has 3 aliphatic rings. The highest BCUT2D eigenvalue weighted by Gasteiger charge is 2.42. The SMILES string of the molecule is CC1Nc2[nH]ccc2-c2c(C3CCC(CNC4(CO)CC4)CC3)nnn21. The predicted molar refractivity (Wildman–Crippen MR) is 99.9 cm³/mol. The summed E-state index contributed by atoms with van der Waals surface area (Å²) in [6.07, 6.45) is 9.13. The zero-order valence-corrected chi connectivity index (χ0v) is 15.3. The molecule has 2 fully saturated rings. The largest absolute Gasteiger partial charge is 0.394 e. The van der Waals surface area contributed by atoms with Crippen LogP contribution in [-0.4, -0.2) is 43.8 Å². The summed E-state index contributed by atoms with van der Waals surface area (Å²) in [5.74, 6) is 2.28. The van der Waals surface area contributed by atoms with Crippen LogP contribution in [0.3, 0.4) is 0 Å². The van der Waals surface area contributed by atoms with Crippen molar-refractivity contribution in [2.24, 2.45) is 5.92 Å². The first kappa shape index (κ1) is 16.3. The maximum atomic E-state index is 9.46. The van der Waals surface area contributed by atoms with Gasteiger partial charge in [0, 0.05) is 23.2 Å². The second-order valence-electron chi connectivity index (χ2n) is 8.39. The fourth-order valence-electron chi connectivity index (χ4n) is 4.61. The third-order valence-corrected chi connectivity index (χ3v) is 6.60. The lowest BCUT2D eigenvalue weighted by atomic mass is 9.79. The molecule has 0 amide bonds. The number of H-pyrrole nitrogens is 1. The van der Waals surface area contributed by atoms with Gasteiger partial charge in [-0.1, -0.05) is 5.21 Å². The van der Waals surface area contributed by atoms with Crippen molar-refractivity contribution in [2.45, 2.75) is 63.1 Å². The summed E-state index contributed by atoms with van der Waals surface area (Å²) in [4.78, 5) is 3.29. The van der Waals surface area contributed by atoms with Crippen LogP contribution in [-0.2, 0) is 0 Å². The van der Waals surface area contributed by atoms with Crippen molar-refractivity contribution in [2.75, 3.05) is 18.5 Å². The highest BCUT2D eigenvalue weighted by atomic mass is 16.3. The van der Waals surface area contributed by atoms with E-state index < -0.39 is 0 Å². The molecule has 2 aliphatic carbocycles. The van der Waals surface area contributed by atoms with Crippen molar-refractivity contribution < 1.29 is 5.11 Å². The first-order valence-corrected chi connectivity index (χ1v) is 9.94. The van der Waals surface area contributed by atoms with E-state index in [0.29, 0.717) is 11.8 Å². The third-order valence-electron chi connectivity index (χ3n) is 6.60. The van der Waals surface area contributed by atoms with Crippen LogP contribution in [0.25, 0.3) is 11.3 Å². The minimum absolute atomic E-state index is 0.0531. The molecule has 1 unspecified atom stereocenters. The Hall–Kier alpha value is -1.86. The van der Waals surface area contributed by atoms with Crippen LogP contribution in [0, 0.1) is 5.92 Å². The Kier molecular flexibility index (Phi) is 3.83. The van der Waals surface area contributed by atoms with Crippen molar-refractivity contribution in [3.63, 3.8) is 0 Å². The molecular formula is C19H28N6O. The first-order valence-electron chi connectivity index (χ1n) is 9.94. The van der Waals surface area contributed by atoms with Crippen LogP contribution in [0.15, 0.2) is 12.3 Å². The first-order chi connectivity index (χ1) is 12.7. The van der Waals surface area contributed by atoms with E-state index in [1.54, 1.807) is 0 Å².